The lowest BCUT2D eigenvalue weighted by atomic mass is 10.1. The third-order valence-corrected chi connectivity index (χ3v) is 5.27. The van der Waals surface area contributed by atoms with Crippen LogP contribution in [-0.4, -0.2) is 46.9 Å². The maximum atomic E-state index is 6.19. The van der Waals surface area contributed by atoms with Crippen LogP contribution in [0.4, 0.5) is 5.82 Å². The van der Waals surface area contributed by atoms with E-state index in [9.17, 15) is 0 Å². The molecule has 1 fully saturated rings. The number of anilines is 1. The minimum absolute atomic E-state index is 0.204. The lowest BCUT2D eigenvalue weighted by Gasteiger charge is -2.24. The Hall–Kier alpha value is -2.60. The summed E-state index contributed by atoms with van der Waals surface area (Å²) >= 11 is 0. The first-order chi connectivity index (χ1) is 12.9. The highest BCUT2D eigenvalue weighted by Crippen LogP contribution is 2.30. The first-order valence-corrected chi connectivity index (χ1v) is 9.41. The molecule has 2 aliphatic heterocycles. The Kier molecular flexibility index (Phi) is 3.97. The zero-order chi connectivity index (χ0) is 17.3. The number of para-hydroxylation sites is 1. The SMILES string of the molecule is c1ccc(O[C@H]2CCN(c3c4c(nc5ccnn35)CCNCC4)C2)cc1. The second-order valence-corrected chi connectivity index (χ2v) is 7.00. The predicted molar refractivity (Wildman–Crippen MR) is 101 cm³/mol. The van der Waals surface area contributed by atoms with E-state index in [1.165, 1.54) is 17.1 Å². The Labute approximate surface area is 152 Å². The average molecular weight is 349 g/mol. The molecular formula is C20H23N5O. The summed E-state index contributed by atoms with van der Waals surface area (Å²) in [6.45, 7) is 3.85. The van der Waals surface area contributed by atoms with Crippen LogP contribution in [0.15, 0.2) is 42.6 Å². The molecule has 134 valence electrons. The zero-order valence-electron chi connectivity index (χ0n) is 14.8. The van der Waals surface area contributed by atoms with E-state index in [0.29, 0.717) is 0 Å². The van der Waals surface area contributed by atoms with Crippen molar-refractivity contribution in [2.24, 2.45) is 0 Å². The number of aromatic nitrogens is 3. The summed E-state index contributed by atoms with van der Waals surface area (Å²) in [5.41, 5.74) is 3.49. The number of nitrogens with one attached hydrogen (secondary N) is 1. The molecule has 4 heterocycles. The molecule has 0 amide bonds. The predicted octanol–water partition coefficient (Wildman–Crippen LogP) is 2.08. The smallest absolute Gasteiger partial charge is 0.157 e. The molecule has 0 spiro atoms. The molecule has 0 bridgehead atoms. The molecule has 2 aromatic heterocycles. The molecule has 2 aliphatic rings. The number of rotatable bonds is 3. The first-order valence-electron chi connectivity index (χ1n) is 9.41. The first kappa shape index (κ1) is 15.6. The largest absolute Gasteiger partial charge is 0.489 e. The number of benzene rings is 1. The van der Waals surface area contributed by atoms with Gasteiger partial charge in [-0.15, -0.1) is 0 Å². The van der Waals surface area contributed by atoms with E-state index in [1.807, 2.05) is 47.1 Å². The van der Waals surface area contributed by atoms with E-state index in [4.69, 9.17) is 9.72 Å². The fourth-order valence-corrected chi connectivity index (χ4v) is 4.05. The normalized spacial score (nSPS) is 20.2. The van der Waals surface area contributed by atoms with Gasteiger partial charge < -0.3 is 15.0 Å². The Morgan fingerprint density at radius 1 is 1.08 bits per heavy atom. The van der Waals surface area contributed by atoms with E-state index in [2.05, 4.69) is 15.3 Å². The highest BCUT2D eigenvalue weighted by atomic mass is 16.5. The maximum absolute atomic E-state index is 6.19. The van der Waals surface area contributed by atoms with Gasteiger partial charge in [-0.2, -0.15) is 9.61 Å². The van der Waals surface area contributed by atoms with Crippen LogP contribution in [0.3, 0.4) is 0 Å². The molecular weight excluding hydrogens is 326 g/mol. The van der Waals surface area contributed by atoms with Gasteiger partial charge in [0.2, 0.25) is 0 Å². The number of nitrogens with zero attached hydrogens (tertiary/aromatic N) is 4. The van der Waals surface area contributed by atoms with E-state index in [1.54, 1.807) is 0 Å². The number of fused-ring (bicyclic) bond motifs is 2. The van der Waals surface area contributed by atoms with E-state index in [0.717, 1.165) is 56.8 Å². The van der Waals surface area contributed by atoms with Gasteiger partial charge in [-0.25, -0.2) is 4.98 Å². The molecule has 5 rings (SSSR count). The van der Waals surface area contributed by atoms with Crippen molar-refractivity contribution in [1.29, 1.82) is 0 Å². The van der Waals surface area contributed by atoms with E-state index in [-0.39, 0.29) is 6.10 Å². The minimum Gasteiger partial charge on any atom is -0.489 e. The summed E-state index contributed by atoms with van der Waals surface area (Å²) in [6.07, 6.45) is 5.04. The van der Waals surface area contributed by atoms with Crippen molar-refractivity contribution < 1.29 is 4.74 Å². The lowest BCUT2D eigenvalue weighted by molar-refractivity contribution is 0.225. The third-order valence-electron chi connectivity index (χ3n) is 5.27. The van der Waals surface area contributed by atoms with Gasteiger partial charge >= 0.3 is 0 Å². The molecule has 1 atom stereocenters. The summed E-state index contributed by atoms with van der Waals surface area (Å²) in [5.74, 6) is 2.15. The molecule has 26 heavy (non-hydrogen) atoms. The van der Waals surface area contributed by atoms with Crippen LogP contribution in [0.25, 0.3) is 5.65 Å². The van der Waals surface area contributed by atoms with Gasteiger partial charge in [0, 0.05) is 37.6 Å². The molecule has 6 nitrogen and oxygen atoms in total. The Morgan fingerprint density at radius 2 is 1.96 bits per heavy atom. The van der Waals surface area contributed by atoms with Gasteiger partial charge in [-0.3, -0.25) is 0 Å². The van der Waals surface area contributed by atoms with Crippen molar-refractivity contribution in [1.82, 2.24) is 19.9 Å². The summed E-state index contributed by atoms with van der Waals surface area (Å²) in [4.78, 5) is 7.29. The molecule has 1 saturated heterocycles. The molecule has 1 N–H and O–H groups in total. The van der Waals surface area contributed by atoms with Gasteiger partial charge in [0.25, 0.3) is 0 Å². The van der Waals surface area contributed by atoms with Gasteiger partial charge in [-0.05, 0) is 25.1 Å². The van der Waals surface area contributed by atoms with Crippen molar-refractivity contribution in [3.8, 4) is 5.75 Å². The van der Waals surface area contributed by atoms with E-state index < -0.39 is 0 Å². The van der Waals surface area contributed by atoms with Crippen LogP contribution < -0.4 is 15.0 Å². The third kappa shape index (κ3) is 2.80. The minimum atomic E-state index is 0.204. The van der Waals surface area contributed by atoms with Gasteiger partial charge in [0.1, 0.15) is 17.7 Å². The van der Waals surface area contributed by atoms with Crippen molar-refractivity contribution >= 4 is 11.5 Å². The van der Waals surface area contributed by atoms with Gasteiger partial charge in [0.15, 0.2) is 5.65 Å². The second-order valence-electron chi connectivity index (χ2n) is 7.00. The summed E-state index contributed by atoms with van der Waals surface area (Å²) in [5, 5.41) is 8.05. The fraction of sp³-hybridized carbons (Fsp3) is 0.400. The molecule has 6 heteroatoms. The Balaban J connectivity index is 1.47. The molecule has 0 aliphatic carbocycles. The van der Waals surface area contributed by atoms with E-state index >= 15 is 0 Å². The van der Waals surface area contributed by atoms with Gasteiger partial charge in [0.05, 0.1) is 18.4 Å². The quantitative estimate of drug-likeness (QED) is 0.785. The summed E-state index contributed by atoms with van der Waals surface area (Å²) in [6, 6.07) is 12.1. The number of hydrogen-bond donors (Lipinski definition) is 1. The maximum Gasteiger partial charge on any atom is 0.157 e. The summed E-state index contributed by atoms with van der Waals surface area (Å²) < 4.78 is 8.20. The van der Waals surface area contributed by atoms with Crippen LogP contribution in [0, 0.1) is 0 Å². The number of ether oxygens (including phenoxy) is 1. The Morgan fingerprint density at radius 3 is 2.88 bits per heavy atom. The number of hydrogen-bond acceptors (Lipinski definition) is 5. The fourth-order valence-electron chi connectivity index (χ4n) is 4.05. The van der Waals surface area contributed by atoms with Crippen LogP contribution in [-0.2, 0) is 12.8 Å². The van der Waals surface area contributed by atoms with Crippen molar-refractivity contribution in [3.05, 3.63) is 53.9 Å². The molecule has 0 radical (unpaired) electrons. The molecule has 0 saturated carbocycles. The van der Waals surface area contributed by atoms with Crippen LogP contribution >= 0.6 is 0 Å². The molecule has 0 unspecified atom stereocenters. The standard InChI is InChI=1S/C20H23N5O/c1-2-4-15(5-3-1)26-16-9-13-24(14-16)20-17-6-10-21-11-7-18(17)23-19-8-12-22-25(19)20/h1-5,8,12,16,21H,6-7,9-11,13-14H2/t16-/m0/s1. The lowest BCUT2D eigenvalue weighted by Crippen LogP contribution is -2.28. The van der Waals surface area contributed by atoms with Crippen LogP contribution in [0.5, 0.6) is 5.75 Å². The monoisotopic (exact) mass is 349 g/mol. The topological polar surface area (TPSA) is 54.7 Å². The Bertz CT molecular complexity index is 907. The zero-order valence-corrected chi connectivity index (χ0v) is 14.8. The van der Waals surface area contributed by atoms with Crippen molar-refractivity contribution in [2.75, 3.05) is 31.1 Å². The van der Waals surface area contributed by atoms with Crippen LogP contribution in [0.2, 0.25) is 0 Å². The summed E-state index contributed by atoms with van der Waals surface area (Å²) in [7, 11) is 0. The second kappa shape index (κ2) is 6.61. The van der Waals surface area contributed by atoms with Crippen molar-refractivity contribution in [2.45, 2.75) is 25.4 Å². The molecule has 3 aromatic rings. The average Bonchev–Trinajstić information content (AvgIpc) is 3.25. The molecule has 1 aromatic carbocycles. The van der Waals surface area contributed by atoms with Crippen molar-refractivity contribution in [3.63, 3.8) is 0 Å². The highest BCUT2D eigenvalue weighted by Gasteiger charge is 2.29. The highest BCUT2D eigenvalue weighted by molar-refractivity contribution is 5.58. The van der Waals surface area contributed by atoms with Crippen LogP contribution in [0.1, 0.15) is 17.7 Å². The van der Waals surface area contributed by atoms with Gasteiger partial charge in [-0.1, -0.05) is 18.2 Å².